The SMILES string of the molecule is Cn1ncc(Cl)c1C(=O)c1c(F)cccc1F. The lowest BCUT2D eigenvalue weighted by Crippen LogP contribution is -2.12. The first kappa shape index (κ1) is 11.7. The molecule has 0 unspecified atom stereocenters. The Morgan fingerprint density at radius 1 is 1.35 bits per heavy atom. The zero-order valence-electron chi connectivity index (χ0n) is 8.75. The highest BCUT2D eigenvalue weighted by Gasteiger charge is 2.23. The van der Waals surface area contributed by atoms with Gasteiger partial charge in [0.15, 0.2) is 0 Å². The molecule has 1 aromatic carbocycles. The van der Waals surface area contributed by atoms with Gasteiger partial charge in [-0.15, -0.1) is 0 Å². The molecule has 0 atom stereocenters. The molecule has 2 aromatic rings. The summed E-state index contributed by atoms with van der Waals surface area (Å²) in [6.07, 6.45) is 1.24. The van der Waals surface area contributed by atoms with E-state index in [1.165, 1.54) is 24.0 Å². The molecule has 17 heavy (non-hydrogen) atoms. The molecule has 0 N–H and O–H groups in total. The molecule has 2 rings (SSSR count). The van der Waals surface area contributed by atoms with E-state index >= 15 is 0 Å². The molecule has 0 saturated heterocycles. The molecule has 0 radical (unpaired) electrons. The monoisotopic (exact) mass is 256 g/mol. The van der Waals surface area contributed by atoms with E-state index in [0.29, 0.717) is 0 Å². The van der Waals surface area contributed by atoms with Crippen LogP contribution in [-0.4, -0.2) is 15.6 Å². The quantitative estimate of drug-likeness (QED) is 0.774. The summed E-state index contributed by atoms with van der Waals surface area (Å²) in [5, 5.41) is 3.80. The third-order valence-electron chi connectivity index (χ3n) is 2.30. The van der Waals surface area contributed by atoms with E-state index in [4.69, 9.17) is 11.6 Å². The first-order valence-electron chi connectivity index (χ1n) is 4.68. The van der Waals surface area contributed by atoms with Crippen molar-refractivity contribution in [2.45, 2.75) is 0 Å². The number of aromatic nitrogens is 2. The summed E-state index contributed by atoms with van der Waals surface area (Å²) in [6, 6.07) is 3.22. The summed E-state index contributed by atoms with van der Waals surface area (Å²) in [7, 11) is 1.47. The van der Waals surface area contributed by atoms with Crippen molar-refractivity contribution in [3.05, 3.63) is 52.3 Å². The van der Waals surface area contributed by atoms with Crippen LogP contribution in [0.5, 0.6) is 0 Å². The maximum Gasteiger partial charge on any atom is 0.218 e. The second-order valence-electron chi connectivity index (χ2n) is 3.39. The fraction of sp³-hybridized carbons (Fsp3) is 0.0909. The van der Waals surface area contributed by atoms with Gasteiger partial charge in [-0.3, -0.25) is 9.48 Å². The van der Waals surface area contributed by atoms with Crippen LogP contribution in [0.25, 0.3) is 0 Å². The van der Waals surface area contributed by atoms with Gasteiger partial charge in [0.1, 0.15) is 17.3 Å². The minimum Gasteiger partial charge on any atom is -0.287 e. The number of carbonyl (C=O) groups is 1. The lowest BCUT2D eigenvalue weighted by Gasteiger charge is -2.04. The van der Waals surface area contributed by atoms with Gasteiger partial charge in [0, 0.05) is 7.05 Å². The molecule has 0 aliphatic heterocycles. The Hall–Kier alpha value is -1.75. The van der Waals surface area contributed by atoms with E-state index in [2.05, 4.69) is 5.10 Å². The van der Waals surface area contributed by atoms with Crippen molar-refractivity contribution in [1.29, 1.82) is 0 Å². The van der Waals surface area contributed by atoms with Crippen molar-refractivity contribution < 1.29 is 13.6 Å². The van der Waals surface area contributed by atoms with Gasteiger partial charge in [0.25, 0.3) is 0 Å². The summed E-state index contributed by atoms with van der Waals surface area (Å²) in [6.45, 7) is 0. The van der Waals surface area contributed by atoms with Gasteiger partial charge in [0.2, 0.25) is 5.78 Å². The Balaban J connectivity index is 2.59. The Labute approximate surface area is 101 Å². The lowest BCUT2D eigenvalue weighted by atomic mass is 10.1. The largest absolute Gasteiger partial charge is 0.287 e. The van der Waals surface area contributed by atoms with Crippen molar-refractivity contribution in [3.8, 4) is 0 Å². The van der Waals surface area contributed by atoms with Crippen LogP contribution >= 0.6 is 11.6 Å². The number of carbonyl (C=O) groups excluding carboxylic acids is 1. The number of rotatable bonds is 2. The molecular weight excluding hydrogens is 250 g/mol. The van der Waals surface area contributed by atoms with Gasteiger partial charge >= 0.3 is 0 Å². The van der Waals surface area contributed by atoms with Gasteiger partial charge in [-0.2, -0.15) is 5.10 Å². The third-order valence-corrected chi connectivity index (χ3v) is 2.58. The highest BCUT2D eigenvalue weighted by atomic mass is 35.5. The average molecular weight is 257 g/mol. The fourth-order valence-corrected chi connectivity index (χ4v) is 1.75. The number of aryl methyl sites for hydroxylation is 1. The second-order valence-corrected chi connectivity index (χ2v) is 3.80. The van der Waals surface area contributed by atoms with Crippen LogP contribution in [0.1, 0.15) is 16.1 Å². The average Bonchev–Trinajstić information content (AvgIpc) is 2.58. The van der Waals surface area contributed by atoms with Crippen LogP contribution < -0.4 is 0 Å². The topological polar surface area (TPSA) is 34.9 Å². The number of hydrogen-bond acceptors (Lipinski definition) is 2. The standard InChI is InChI=1S/C11H7ClF2N2O/c1-16-10(6(12)5-15-16)11(17)9-7(13)3-2-4-8(9)14/h2-5H,1H3. The molecule has 0 bridgehead atoms. The number of halogens is 3. The summed E-state index contributed by atoms with van der Waals surface area (Å²) in [4.78, 5) is 12.0. The maximum absolute atomic E-state index is 13.4. The summed E-state index contributed by atoms with van der Waals surface area (Å²) in [5.41, 5.74) is -0.673. The summed E-state index contributed by atoms with van der Waals surface area (Å²) >= 11 is 5.75. The van der Waals surface area contributed by atoms with Crippen molar-refractivity contribution in [1.82, 2.24) is 9.78 Å². The smallest absolute Gasteiger partial charge is 0.218 e. The minimum atomic E-state index is -0.924. The Kier molecular flexibility index (Phi) is 2.93. The van der Waals surface area contributed by atoms with E-state index in [-0.39, 0.29) is 10.7 Å². The lowest BCUT2D eigenvalue weighted by molar-refractivity contribution is 0.102. The molecule has 3 nitrogen and oxygen atoms in total. The molecular formula is C11H7ClF2N2O. The maximum atomic E-state index is 13.4. The molecule has 0 saturated carbocycles. The minimum absolute atomic E-state index is 0.0457. The zero-order chi connectivity index (χ0) is 12.6. The number of hydrogen-bond donors (Lipinski definition) is 0. The Bertz CT molecular complexity index is 555. The van der Waals surface area contributed by atoms with Crippen LogP contribution in [0.15, 0.2) is 24.4 Å². The van der Waals surface area contributed by atoms with Crippen molar-refractivity contribution in [3.63, 3.8) is 0 Å². The molecule has 1 heterocycles. The molecule has 0 aliphatic carbocycles. The van der Waals surface area contributed by atoms with Crippen molar-refractivity contribution >= 4 is 17.4 Å². The van der Waals surface area contributed by atoms with Gasteiger partial charge in [-0.05, 0) is 12.1 Å². The van der Waals surface area contributed by atoms with Gasteiger partial charge < -0.3 is 0 Å². The van der Waals surface area contributed by atoms with Gasteiger partial charge in [-0.25, -0.2) is 8.78 Å². The fourth-order valence-electron chi connectivity index (χ4n) is 1.50. The third kappa shape index (κ3) is 1.93. The second kappa shape index (κ2) is 4.25. The van der Waals surface area contributed by atoms with Crippen LogP contribution in [0, 0.1) is 11.6 Å². The number of nitrogens with zero attached hydrogens (tertiary/aromatic N) is 2. The van der Waals surface area contributed by atoms with E-state index in [1.54, 1.807) is 0 Å². The van der Waals surface area contributed by atoms with E-state index in [1.807, 2.05) is 0 Å². The first-order chi connectivity index (χ1) is 8.02. The van der Waals surface area contributed by atoms with Gasteiger partial charge in [-0.1, -0.05) is 17.7 Å². The van der Waals surface area contributed by atoms with Crippen molar-refractivity contribution in [2.24, 2.45) is 7.05 Å². The van der Waals surface area contributed by atoms with Crippen LogP contribution in [0.3, 0.4) is 0 Å². The Morgan fingerprint density at radius 2 is 1.94 bits per heavy atom. The molecule has 0 fully saturated rings. The number of benzene rings is 1. The Morgan fingerprint density at radius 3 is 2.41 bits per heavy atom. The highest BCUT2D eigenvalue weighted by molar-refractivity contribution is 6.34. The molecule has 0 spiro atoms. The van der Waals surface area contributed by atoms with E-state index in [9.17, 15) is 13.6 Å². The zero-order valence-corrected chi connectivity index (χ0v) is 9.50. The first-order valence-corrected chi connectivity index (χ1v) is 5.06. The summed E-state index contributed by atoms with van der Waals surface area (Å²) in [5.74, 6) is -2.68. The predicted octanol–water partition coefficient (Wildman–Crippen LogP) is 2.58. The van der Waals surface area contributed by atoms with E-state index in [0.717, 1.165) is 12.1 Å². The summed E-state index contributed by atoms with van der Waals surface area (Å²) < 4.78 is 28.0. The molecule has 88 valence electrons. The van der Waals surface area contributed by atoms with Crippen molar-refractivity contribution in [2.75, 3.05) is 0 Å². The van der Waals surface area contributed by atoms with Gasteiger partial charge in [0.05, 0.1) is 16.8 Å². The molecule has 6 heteroatoms. The molecule has 0 amide bonds. The highest BCUT2D eigenvalue weighted by Crippen LogP contribution is 2.21. The van der Waals surface area contributed by atoms with Crippen LogP contribution in [0.2, 0.25) is 5.02 Å². The number of ketones is 1. The van der Waals surface area contributed by atoms with Crippen LogP contribution in [-0.2, 0) is 7.05 Å². The van der Waals surface area contributed by atoms with Crippen LogP contribution in [0.4, 0.5) is 8.78 Å². The predicted molar refractivity (Wildman–Crippen MR) is 58.0 cm³/mol. The normalized spacial score (nSPS) is 10.6. The molecule has 1 aromatic heterocycles. The molecule has 0 aliphatic rings. The van der Waals surface area contributed by atoms with E-state index < -0.39 is 23.0 Å².